The Morgan fingerprint density at radius 2 is 1.88 bits per heavy atom. The Bertz CT molecular complexity index is 1760. The van der Waals surface area contributed by atoms with Gasteiger partial charge in [-0.2, -0.15) is 5.10 Å². The van der Waals surface area contributed by atoms with Crippen molar-refractivity contribution in [3.63, 3.8) is 0 Å². The highest BCUT2D eigenvalue weighted by molar-refractivity contribution is 8.00. The van der Waals surface area contributed by atoms with Gasteiger partial charge in [0.1, 0.15) is 29.7 Å². The van der Waals surface area contributed by atoms with E-state index in [1.807, 2.05) is 48.7 Å². The lowest BCUT2D eigenvalue weighted by atomic mass is 10.0. The molecule has 4 heterocycles. The summed E-state index contributed by atoms with van der Waals surface area (Å²) in [6.45, 7) is 1.94. The molecule has 0 saturated carbocycles. The van der Waals surface area contributed by atoms with E-state index >= 15 is 4.39 Å². The third-order valence-corrected chi connectivity index (χ3v) is 9.09. The number of thioether (sulfide) groups is 1. The Kier molecular flexibility index (Phi) is 7.86. The number of pyridine rings is 1. The molecule has 1 atom stereocenters. The maximum Gasteiger partial charge on any atom is 0.240 e. The molecule has 0 bridgehead atoms. The quantitative estimate of drug-likeness (QED) is 0.245. The van der Waals surface area contributed by atoms with Gasteiger partial charge in [-0.1, -0.05) is 30.3 Å². The summed E-state index contributed by atoms with van der Waals surface area (Å²) in [6.07, 6.45) is 3.29. The van der Waals surface area contributed by atoms with Crippen LogP contribution >= 0.6 is 23.1 Å². The van der Waals surface area contributed by atoms with E-state index in [-0.39, 0.29) is 36.2 Å². The van der Waals surface area contributed by atoms with Gasteiger partial charge in [0.2, 0.25) is 11.8 Å². The van der Waals surface area contributed by atoms with E-state index in [1.54, 1.807) is 29.2 Å². The van der Waals surface area contributed by atoms with Gasteiger partial charge in [-0.3, -0.25) is 19.5 Å². The maximum absolute atomic E-state index is 15.4. The number of halogens is 2. The minimum absolute atomic E-state index is 0.0224. The van der Waals surface area contributed by atoms with E-state index in [0.29, 0.717) is 17.1 Å². The van der Waals surface area contributed by atoms with Crippen LogP contribution in [0.15, 0.2) is 84.5 Å². The molecule has 0 spiro atoms. The first-order valence-electron chi connectivity index (χ1n) is 13.2. The molecule has 6 rings (SSSR count). The summed E-state index contributed by atoms with van der Waals surface area (Å²) in [5, 5.41) is 9.11. The number of thiophene rings is 1. The number of hydrogen-bond acceptors (Lipinski definition) is 6. The van der Waals surface area contributed by atoms with E-state index in [1.165, 1.54) is 40.1 Å². The molecule has 0 saturated heterocycles. The van der Waals surface area contributed by atoms with Gasteiger partial charge in [0.25, 0.3) is 0 Å². The number of carbonyl (C=O) groups excluding carboxylic acids is 2. The van der Waals surface area contributed by atoms with Gasteiger partial charge < -0.3 is 5.32 Å². The Hall–Kier alpha value is -4.35. The van der Waals surface area contributed by atoms with Crippen LogP contribution in [-0.4, -0.2) is 38.9 Å². The topological polar surface area (TPSA) is 80.1 Å². The molecule has 42 heavy (non-hydrogen) atoms. The Labute approximate surface area is 249 Å². The zero-order chi connectivity index (χ0) is 29.2. The lowest BCUT2D eigenvalue weighted by Gasteiger charge is -2.23. The highest BCUT2D eigenvalue weighted by Gasteiger charge is 2.39. The molecule has 2 amide bonds. The van der Waals surface area contributed by atoms with Crippen LogP contribution in [0.25, 0.3) is 16.3 Å². The van der Waals surface area contributed by atoms with Crippen LogP contribution in [0.1, 0.15) is 27.5 Å². The van der Waals surface area contributed by atoms with Crippen molar-refractivity contribution in [1.82, 2.24) is 20.1 Å². The zero-order valence-electron chi connectivity index (χ0n) is 22.5. The lowest BCUT2D eigenvalue weighted by Crippen LogP contribution is -2.42. The molecule has 0 aliphatic carbocycles. The van der Waals surface area contributed by atoms with E-state index in [9.17, 15) is 14.0 Å². The fourth-order valence-electron chi connectivity index (χ4n) is 4.94. The minimum atomic E-state index is -0.713. The number of hydrogen-bond donors (Lipinski definition) is 1. The number of benzene rings is 2. The van der Waals surface area contributed by atoms with Crippen molar-refractivity contribution in [2.45, 2.75) is 18.7 Å². The summed E-state index contributed by atoms with van der Waals surface area (Å²) < 4.78 is 31.0. The summed E-state index contributed by atoms with van der Waals surface area (Å²) in [7, 11) is 0. The number of rotatable bonds is 7. The molecular weight excluding hydrogens is 577 g/mol. The van der Waals surface area contributed by atoms with Crippen LogP contribution in [0.5, 0.6) is 0 Å². The molecule has 11 heteroatoms. The first kappa shape index (κ1) is 27.8. The van der Waals surface area contributed by atoms with E-state index in [2.05, 4.69) is 10.3 Å². The number of amides is 2. The summed E-state index contributed by atoms with van der Waals surface area (Å²) in [6, 6.07) is 18.5. The highest BCUT2D eigenvalue weighted by atomic mass is 32.2. The fraction of sp³-hybridized carbons (Fsp3) is 0.161. The number of nitrogens with one attached hydrogen (secondary N) is 1. The predicted molar refractivity (Wildman–Crippen MR) is 161 cm³/mol. The SMILES string of the molecule is Cc1ccccc1-n1nc(-c2cccs2)c2c1N(CC(=O)NCc1ccncc1)C(=O)CSC2c1ccc(F)cc1F. The van der Waals surface area contributed by atoms with Crippen LogP contribution < -0.4 is 10.2 Å². The number of nitrogens with zero attached hydrogens (tertiary/aromatic N) is 4. The maximum atomic E-state index is 15.4. The van der Waals surface area contributed by atoms with Crippen LogP contribution in [0.3, 0.4) is 0 Å². The Morgan fingerprint density at radius 1 is 1.07 bits per heavy atom. The molecule has 1 N–H and O–H groups in total. The third kappa shape index (κ3) is 5.45. The summed E-state index contributed by atoms with van der Waals surface area (Å²) in [5.41, 5.74) is 3.88. The van der Waals surface area contributed by atoms with Crippen LogP contribution in [0, 0.1) is 18.6 Å². The molecular formula is C31H25F2N5O2S2. The molecule has 1 aliphatic heterocycles. The second kappa shape index (κ2) is 11.9. The first-order valence-corrected chi connectivity index (χ1v) is 15.1. The van der Waals surface area contributed by atoms with Crippen LogP contribution in [0.2, 0.25) is 0 Å². The molecule has 0 radical (unpaired) electrons. The van der Waals surface area contributed by atoms with Crippen LogP contribution in [-0.2, 0) is 16.1 Å². The van der Waals surface area contributed by atoms with Gasteiger partial charge in [-0.05, 0) is 53.8 Å². The van der Waals surface area contributed by atoms with Gasteiger partial charge in [0.15, 0.2) is 0 Å². The minimum Gasteiger partial charge on any atom is -0.350 e. The number of carbonyl (C=O) groups is 2. The number of anilines is 1. The first-order chi connectivity index (χ1) is 20.4. The van der Waals surface area contributed by atoms with Crippen molar-refractivity contribution in [2.24, 2.45) is 0 Å². The van der Waals surface area contributed by atoms with Crippen molar-refractivity contribution >= 4 is 40.7 Å². The Balaban J connectivity index is 1.53. The van der Waals surface area contributed by atoms with Crippen molar-refractivity contribution < 1.29 is 18.4 Å². The van der Waals surface area contributed by atoms with Crippen molar-refractivity contribution in [3.8, 4) is 16.3 Å². The zero-order valence-corrected chi connectivity index (χ0v) is 24.1. The smallest absolute Gasteiger partial charge is 0.240 e. The van der Waals surface area contributed by atoms with Crippen molar-refractivity contribution in [1.29, 1.82) is 0 Å². The van der Waals surface area contributed by atoms with Gasteiger partial charge in [-0.25, -0.2) is 13.5 Å². The average molecular weight is 602 g/mol. The third-order valence-electron chi connectivity index (χ3n) is 6.97. The highest BCUT2D eigenvalue weighted by Crippen LogP contribution is 2.49. The largest absolute Gasteiger partial charge is 0.350 e. The normalized spacial score (nSPS) is 14.9. The van der Waals surface area contributed by atoms with E-state index in [4.69, 9.17) is 5.10 Å². The van der Waals surface area contributed by atoms with Gasteiger partial charge >= 0.3 is 0 Å². The second-order valence-electron chi connectivity index (χ2n) is 9.73. The molecule has 7 nitrogen and oxygen atoms in total. The molecule has 1 aliphatic rings. The lowest BCUT2D eigenvalue weighted by molar-refractivity contribution is -0.123. The number of fused-ring (bicyclic) bond motifs is 1. The number of aromatic nitrogens is 3. The molecule has 212 valence electrons. The number of para-hydroxylation sites is 1. The van der Waals surface area contributed by atoms with Gasteiger partial charge in [0, 0.05) is 36.1 Å². The summed E-state index contributed by atoms with van der Waals surface area (Å²) in [4.78, 5) is 33.3. The molecule has 2 aromatic carbocycles. The Morgan fingerprint density at radius 3 is 2.62 bits per heavy atom. The molecule has 0 fully saturated rings. The van der Waals surface area contributed by atoms with Gasteiger partial charge in [0.05, 0.1) is 21.6 Å². The summed E-state index contributed by atoms with van der Waals surface area (Å²) >= 11 is 2.70. The van der Waals surface area contributed by atoms with E-state index in [0.717, 1.165) is 27.8 Å². The monoisotopic (exact) mass is 601 g/mol. The fourth-order valence-corrected chi connectivity index (χ4v) is 6.89. The second-order valence-corrected chi connectivity index (χ2v) is 11.8. The summed E-state index contributed by atoms with van der Waals surface area (Å²) in [5.74, 6) is -1.72. The van der Waals surface area contributed by atoms with E-state index < -0.39 is 16.9 Å². The standard InChI is InChI=1S/C31H25F2N5O2S2/c1-19-5-2-3-6-24(19)38-31-28(29(36-38)25-7-4-14-41-25)30(22-9-8-21(32)15-23(22)33)42-18-27(40)37(31)17-26(39)35-16-20-10-12-34-13-11-20/h2-15,30H,16-18H2,1H3,(H,35,39). The van der Waals surface area contributed by atoms with Crippen molar-refractivity contribution in [3.05, 3.63) is 118 Å². The number of aryl methyl sites for hydroxylation is 1. The molecule has 3 aromatic heterocycles. The van der Waals surface area contributed by atoms with Crippen LogP contribution in [0.4, 0.5) is 14.6 Å². The predicted octanol–water partition coefficient (Wildman–Crippen LogP) is 6.07. The average Bonchev–Trinajstić information content (AvgIpc) is 3.63. The van der Waals surface area contributed by atoms with Crippen molar-refractivity contribution in [2.75, 3.05) is 17.2 Å². The van der Waals surface area contributed by atoms with Gasteiger partial charge in [-0.15, -0.1) is 23.1 Å². The molecule has 1 unspecified atom stereocenters. The molecule has 5 aromatic rings.